The van der Waals surface area contributed by atoms with E-state index >= 15 is 0 Å². The van der Waals surface area contributed by atoms with Gasteiger partial charge in [0, 0.05) is 13.1 Å². The summed E-state index contributed by atoms with van der Waals surface area (Å²) in [5, 5.41) is 2.44. The summed E-state index contributed by atoms with van der Waals surface area (Å²) in [6.45, 7) is -0.440. The molecular weight excluding hydrogens is 183 g/mol. The zero-order chi connectivity index (χ0) is 8.04. The minimum atomic E-state index is -4.14. The van der Waals surface area contributed by atoms with Gasteiger partial charge in [0.1, 0.15) is 6.67 Å². The zero-order valence-electron chi connectivity index (χ0n) is 6.34. The van der Waals surface area contributed by atoms with E-state index in [0.29, 0.717) is 0 Å². The van der Waals surface area contributed by atoms with Gasteiger partial charge in [0.2, 0.25) is 0 Å². The Morgan fingerprint density at radius 1 is 1.36 bits per heavy atom. The topological polar surface area (TPSA) is 69.2 Å². The Hall–Kier alpha value is 0.800. The maximum absolute atomic E-state index is 11.3. The summed E-state index contributed by atoms with van der Waals surface area (Å²) in [4.78, 5) is 0. The van der Waals surface area contributed by atoms with E-state index in [9.17, 15) is 17.4 Å². The predicted octanol–water partition coefficient (Wildman–Crippen LogP) is -3.91. The molecule has 0 spiro atoms. The second-order valence-electron chi connectivity index (χ2n) is 1.70. The van der Waals surface area contributed by atoms with Crippen LogP contribution in [0.4, 0.5) is 4.39 Å². The molecule has 0 atom stereocenters. The molecule has 0 aliphatic rings. The molecule has 0 amide bonds. The summed E-state index contributed by atoms with van der Waals surface area (Å²) in [7, 11) is -4.14. The zero-order valence-corrected chi connectivity index (χ0v) is 9.16. The van der Waals surface area contributed by atoms with Crippen LogP contribution >= 0.6 is 0 Å². The molecule has 7 heteroatoms. The largest absolute Gasteiger partial charge is 1.00 e. The summed E-state index contributed by atoms with van der Waals surface area (Å²) < 4.78 is 41.0. The van der Waals surface area contributed by atoms with Crippen molar-refractivity contribution in [3.63, 3.8) is 0 Å². The number of alkyl halides is 1. The molecule has 11 heavy (non-hydrogen) atoms. The van der Waals surface area contributed by atoms with Gasteiger partial charge in [-0.05, 0) is 0 Å². The van der Waals surface area contributed by atoms with Crippen molar-refractivity contribution in [1.29, 1.82) is 0 Å². The summed E-state index contributed by atoms with van der Waals surface area (Å²) in [5.41, 5.74) is 0. The SMILES string of the molecule is O=S(=O)([O-])CCNCC[18F].[Na+]. The van der Waals surface area contributed by atoms with Gasteiger partial charge in [0.15, 0.2) is 0 Å². The van der Waals surface area contributed by atoms with E-state index in [2.05, 4.69) is 5.32 Å². The number of hydrogen-bond acceptors (Lipinski definition) is 4. The molecular formula is C4H9FNNaO3S. The molecule has 0 heterocycles. The van der Waals surface area contributed by atoms with Gasteiger partial charge in [-0.1, -0.05) is 0 Å². The van der Waals surface area contributed by atoms with Gasteiger partial charge in [-0.2, -0.15) is 0 Å². The van der Waals surface area contributed by atoms with Crippen molar-refractivity contribution >= 4 is 10.1 Å². The standard InChI is InChI=1S/C4H10FNO3S.Na/c5-1-2-6-3-4-10(7,8)9;/h6H,1-4H2,(H,7,8,9);/q;+1/p-1/i5-1;. The first kappa shape index (κ1) is 14.3. The minimum Gasteiger partial charge on any atom is -0.748 e. The quantitative estimate of drug-likeness (QED) is 0.274. The van der Waals surface area contributed by atoms with Crippen LogP contribution in [0.5, 0.6) is 0 Å². The third kappa shape index (κ3) is 13.7. The summed E-state index contributed by atoms with van der Waals surface area (Å²) in [6.07, 6.45) is 0. The molecule has 0 radical (unpaired) electrons. The van der Waals surface area contributed by atoms with Crippen LogP contribution in [0.25, 0.3) is 0 Å². The van der Waals surface area contributed by atoms with E-state index in [1.807, 2.05) is 0 Å². The van der Waals surface area contributed by atoms with Gasteiger partial charge in [0.25, 0.3) is 0 Å². The average molecular weight is 192 g/mol. The molecule has 0 aliphatic heterocycles. The predicted molar refractivity (Wildman–Crippen MR) is 33.4 cm³/mol. The Balaban J connectivity index is 0. The van der Waals surface area contributed by atoms with E-state index in [-0.39, 0.29) is 42.6 Å². The van der Waals surface area contributed by atoms with E-state index < -0.39 is 22.5 Å². The minimum absolute atomic E-state index is 0. The van der Waals surface area contributed by atoms with Crippen LogP contribution in [0.3, 0.4) is 0 Å². The van der Waals surface area contributed by atoms with E-state index in [0.717, 1.165) is 0 Å². The normalized spacial score (nSPS) is 10.7. The Kier molecular flexibility index (Phi) is 9.71. The van der Waals surface area contributed by atoms with Gasteiger partial charge in [-0.25, -0.2) is 12.8 Å². The molecule has 4 nitrogen and oxygen atoms in total. The maximum atomic E-state index is 11.3. The monoisotopic (exact) mass is 192 g/mol. The van der Waals surface area contributed by atoms with E-state index in [1.165, 1.54) is 0 Å². The molecule has 62 valence electrons. The molecule has 0 aromatic carbocycles. The van der Waals surface area contributed by atoms with Crippen LogP contribution in [0.15, 0.2) is 0 Å². The van der Waals surface area contributed by atoms with Crippen molar-refractivity contribution in [2.75, 3.05) is 25.5 Å². The van der Waals surface area contributed by atoms with Crippen LogP contribution in [-0.4, -0.2) is 38.5 Å². The van der Waals surface area contributed by atoms with Crippen molar-refractivity contribution in [1.82, 2.24) is 5.32 Å². The molecule has 0 aliphatic carbocycles. The third-order valence-corrected chi connectivity index (χ3v) is 1.50. The van der Waals surface area contributed by atoms with Gasteiger partial charge in [-0.3, -0.25) is 0 Å². The second kappa shape index (κ2) is 7.45. The first-order chi connectivity index (χ1) is 4.56. The number of hydrogen-bond donors (Lipinski definition) is 1. The molecule has 0 saturated carbocycles. The van der Waals surface area contributed by atoms with Crippen LogP contribution in [-0.2, 0) is 10.1 Å². The number of halogens is 1. The van der Waals surface area contributed by atoms with Crippen molar-refractivity contribution in [3.05, 3.63) is 0 Å². The van der Waals surface area contributed by atoms with Gasteiger partial charge >= 0.3 is 29.6 Å². The number of nitrogens with one attached hydrogen (secondary N) is 1. The summed E-state index contributed by atoms with van der Waals surface area (Å²) in [5.74, 6) is -0.479. The van der Waals surface area contributed by atoms with Crippen LogP contribution in [0, 0.1) is 0 Å². The molecule has 0 saturated heterocycles. The van der Waals surface area contributed by atoms with Crippen molar-refractivity contribution in [3.8, 4) is 0 Å². The fourth-order valence-corrected chi connectivity index (χ4v) is 0.783. The smallest absolute Gasteiger partial charge is 0.748 e. The molecule has 0 aromatic heterocycles. The summed E-state index contributed by atoms with van der Waals surface area (Å²) in [6, 6.07) is 0. The van der Waals surface area contributed by atoms with E-state index in [1.54, 1.807) is 0 Å². The third-order valence-electron chi connectivity index (χ3n) is 0.800. The Morgan fingerprint density at radius 3 is 2.27 bits per heavy atom. The van der Waals surface area contributed by atoms with Crippen molar-refractivity contribution in [2.45, 2.75) is 0 Å². The Bertz CT molecular complexity index is 172. The van der Waals surface area contributed by atoms with Gasteiger partial charge < -0.3 is 9.87 Å². The molecule has 0 unspecified atom stereocenters. The molecule has 0 fully saturated rings. The van der Waals surface area contributed by atoms with E-state index in [4.69, 9.17) is 0 Å². The van der Waals surface area contributed by atoms with Gasteiger partial charge in [-0.15, -0.1) is 0 Å². The molecule has 0 rings (SSSR count). The molecule has 0 bridgehead atoms. The first-order valence-corrected chi connectivity index (χ1v) is 4.34. The van der Waals surface area contributed by atoms with Crippen molar-refractivity contribution in [2.24, 2.45) is 0 Å². The first-order valence-electron chi connectivity index (χ1n) is 2.76. The van der Waals surface area contributed by atoms with Gasteiger partial charge in [0.05, 0.1) is 15.9 Å². The fourth-order valence-electron chi connectivity index (χ4n) is 0.389. The second-order valence-corrected chi connectivity index (χ2v) is 3.22. The maximum Gasteiger partial charge on any atom is 1.00 e. The Morgan fingerprint density at radius 2 is 1.91 bits per heavy atom. The molecule has 0 aromatic rings. The van der Waals surface area contributed by atoms with Crippen LogP contribution in [0.2, 0.25) is 0 Å². The summed E-state index contributed by atoms with van der Waals surface area (Å²) >= 11 is 0. The average Bonchev–Trinajstić information content (AvgIpc) is 1.78. The number of rotatable bonds is 5. The van der Waals surface area contributed by atoms with Crippen LogP contribution < -0.4 is 34.9 Å². The van der Waals surface area contributed by atoms with Crippen molar-refractivity contribution < 1.29 is 46.9 Å². The molecule has 1 N–H and O–H groups in total. The fraction of sp³-hybridized carbons (Fsp3) is 1.00. The van der Waals surface area contributed by atoms with Crippen LogP contribution in [0.1, 0.15) is 0 Å². The Labute approximate surface area is 87.6 Å².